The van der Waals surface area contributed by atoms with Gasteiger partial charge in [0.2, 0.25) is 0 Å². The summed E-state index contributed by atoms with van der Waals surface area (Å²) >= 11 is 2.92. The first kappa shape index (κ1) is 17.4. The molecule has 0 amide bonds. The summed E-state index contributed by atoms with van der Waals surface area (Å²) in [5, 5.41) is 11.1. The molecule has 3 nitrogen and oxygen atoms in total. The summed E-state index contributed by atoms with van der Waals surface area (Å²) in [6, 6.07) is 5.80. The van der Waals surface area contributed by atoms with Crippen molar-refractivity contribution >= 4 is 15.9 Å². The molecule has 1 heterocycles. The summed E-state index contributed by atoms with van der Waals surface area (Å²) in [5.74, 6) is 0.932. The summed E-state index contributed by atoms with van der Waals surface area (Å²) < 4.78 is 28.5. The molecule has 0 aliphatic carbocycles. The minimum Gasteiger partial charge on any atom is -0.379 e. The van der Waals surface area contributed by atoms with Gasteiger partial charge in [-0.3, -0.25) is 4.79 Å². The molecule has 23 heavy (non-hydrogen) atoms. The van der Waals surface area contributed by atoms with Crippen LogP contribution >= 0.6 is 15.9 Å². The SMILES string of the molecule is Cc1ccc(C(O)(CC#CBr)c2cc(F)cc(F)c2)c(=O)n1C. The van der Waals surface area contributed by atoms with E-state index in [1.165, 1.54) is 10.6 Å². The van der Waals surface area contributed by atoms with E-state index in [9.17, 15) is 18.7 Å². The smallest absolute Gasteiger partial charge is 0.256 e. The van der Waals surface area contributed by atoms with Crippen molar-refractivity contribution in [1.82, 2.24) is 4.57 Å². The van der Waals surface area contributed by atoms with Gasteiger partial charge in [0.15, 0.2) is 0 Å². The number of hydrogen-bond donors (Lipinski definition) is 1. The van der Waals surface area contributed by atoms with Crippen LogP contribution in [0.1, 0.15) is 23.2 Å². The molecule has 2 rings (SSSR count). The Labute approximate surface area is 140 Å². The van der Waals surface area contributed by atoms with Gasteiger partial charge >= 0.3 is 0 Å². The van der Waals surface area contributed by atoms with E-state index in [2.05, 4.69) is 26.7 Å². The molecule has 0 saturated carbocycles. The molecule has 1 atom stereocenters. The van der Waals surface area contributed by atoms with Crippen LogP contribution in [0, 0.1) is 29.3 Å². The van der Waals surface area contributed by atoms with Crippen LogP contribution in [0.4, 0.5) is 8.78 Å². The predicted molar refractivity (Wildman–Crippen MR) is 87.1 cm³/mol. The highest BCUT2D eigenvalue weighted by atomic mass is 79.9. The molecule has 0 radical (unpaired) electrons. The van der Waals surface area contributed by atoms with Gasteiger partial charge in [-0.25, -0.2) is 8.78 Å². The second kappa shape index (κ2) is 6.65. The fraction of sp³-hybridized carbons (Fsp3) is 0.235. The predicted octanol–water partition coefficient (Wildman–Crippen LogP) is 2.95. The van der Waals surface area contributed by atoms with Crippen molar-refractivity contribution in [3.8, 4) is 10.8 Å². The van der Waals surface area contributed by atoms with Crippen LogP contribution in [-0.4, -0.2) is 9.67 Å². The molecule has 0 fully saturated rings. The number of rotatable bonds is 3. The molecule has 1 aromatic carbocycles. The van der Waals surface area contributed by atoms with Crippen molar-refractivity contribution in [2.75, 3.05) is 0 Å². The maximum Gasteiger partial charge on any atom is 0.256 e. The van der Waals surface area contributed by atoms with E-state index in [-0.39, 0.29) is 17.5 Å². The monoisotopic (exact) mass is 381 g/mol. The van der Waals surface area contributed by atoms with E-state index in [0.29, 0.717) is 11.8 Å². The van der Waals surface area contributed by atoms with Gasteiger partial charge < -0.3 is 9.67 Å². The molecule has 1 unspecified atom stereocenters. The zero-order chi connectivity index (χ0) is 17.2. The lowest BCUT2D eigenvalue weighted by Gasteiger charge is -2.27. The maximum atomic E-state index is 13.6. The Bertz CT molecular complexity index is 847. The highest BCUT2D eigenvalue weighted by Crippen LogP contribution is 2.32. The number of aliphatic hydroxyl groups is 1. The van der Waals surface area contributed by atoms with Gasteiger partial charge in [0.25, 0.3) is 5.56 Å². The summed E-state index contributed by atoms with van der Waals surface area (Å²) in [6.07, 6.45) is -0.195. The van der Waals surface area contributed by atoms with Crippen molar-refractivity contribution in [3.05, 3.63) is 69.1 Å². The van der Waals surface area contributed by atoms with Crippen LogP contribution in [0.5, 0.6) is 0 Å². The molecular weight excluding hydrogens is 368 g/mol. The second-order valence-electron chi connectivity index (χ2n) is 5.22. The molecular formula is C17H14BrF2NO2. The number of hydrogen-bond acceptors (Lipinski definition) is 2. The van der Waals surface area contributed by atoms with Gasteiger partial charge in [0.05, 0.1) is 5.56 Å². The zero-order valence-electron chi connectivity index (χ0n) is 12.5. The quantitative estimate of drug-likeness (QED) is 0.830. The molecule has 1 aromatic heterocycles. The lowest BCUT2D eigenvalue weighted by Crippen LogP contribution is -2.36. The summed E-state index contributed by atoms with van der Waals surface area (Å²) in [5.41, 5.74) is -1.74. The molecule has 0 saturated heterocycles. The van der Waals surface area contributed by atoms with Gasteiger partial charge in [0, 0.05) is 41.2 Å². The molecule has 6 heteroatoms. The molecule has 0 aliphatic heterocycles. The minimum absolute atomic E-state index is 0.00542. The second-order valence-corrected chi connectivity index (χ2v) is 5.62. The van der Waals surface area contributed by atoms with Gasteiger partial charge in [-0.05, 0) is 41.6 Å². The molecule has 0 aliphatic rings. The van der Waals surface area contributed by atoms with Crippen LogP contribution in [-0.2, 0) is 12.6 Å². The first-order valence-electron chi connectivity index (χ1n) is 6.74. The molecule has 120 valence electrons. The van der Waals surface area contributed by atoms with E-state index in [0.717, 1.165) is 12.1 Å². The van der Waals surface area contributed by atoms with Crippen LogP contribution in [0.3, 0.4) is 0 Å². The number of aromatic nitrogens is 1. The Hall–Kier alpha value is -1.97. The van der Waals surface area contributed by atoms with Crippen LogP contribution < -0.4 is 5.56 Å². The first-order valence-corrected chi connectivity index (χ1v) is 7.53. The Balaban J connectivity index is 2.76. The zero-order valence-corrected chi connectivity index (χ0v) is 14.1. The highest BCUT2D eigenvalue weighted by Gasteiger charge is 2.35. The summed E-state index contributed by atoms with van der Waals surface area (Å²) in [4.78, 5) is 14.9. The average Bonchev–Trinajstić information content (AvgIpc) is 2.49. The largest absolute Gasteiger partial charge is 0.379 e. The van der Waals surface area contributed by atoms with E-state index >= 15 is 0 Å². The molecule has 2 aromatic rings. The first-order chi connectivity index (χ1) is 10.8. The average molecular weight is 382 g/mol. The van der Waals surface area contributed by atoms with Crippen molar-refractivity contribution in [1.29, 1.82) is 0 Å². The normalized spacial score (nSPS) is 13.1. The Kier molecular flexibility index (Phi) is 5.03. The van der Waals surface area contributed by atoms with Gasteiger partial charge in [-0.15, -0.1) is 0 Å². The van der Waals surface area contributed by atoms with Gasteiger partial charge in [-0.1, -0.05) is 5.92 Å². The molecule has 1 N–H and O–H groups in total. The fourth-order valence-electron chi connectivity index (χ4n) is 2.35. The van der Waals surface area contributed by atoms with E-state index in [1.807, 2.05) is 0 Å². The minimum atomic E-state index is -1.92. The number of aryl methyl sites for hydroxylation is 1. The Morgan fingerprint density at radius 3 is 2.43 bits per heavy atom. The fourth-order valence-corrected chi connectivity index (χ4v) is 2.49. The maximum absolute atomic E-state index is 13.6. The van der Waals surface area contributed by atoms with Crippen LogP contribution in [0.15, 0.2) is 35.1 Å². The van der Waals surface area contributed by atoms with Crippen molar-refractivity contribution in [2.45, 2.75) is 18.9 Å². The third kappa shape index (κ3) is 3.36. The molecule has 0 bridgehead atoms. The van der Waals surface area contributed by atoms with E-state index in [4.69, 9.17) is 0 Å². The van der Waals surface area contributed by atoms with Crippen molar-refractivity contribution in [3.63, 3.8) is 0 Å². The molecule has 0 spiro atoms. The number of halogens is 3. The number of nitrogens with zero attached hydrogens (tertiary/aromatic N) is 1. The number of pyridine rings is 1. The van der Waals surface area contributed by atoms with Gasteiger partial charge in [-0.2, -0.15) is 0 Å². The highest BCUT2D eigenvalue weighted by molar-refractivity contribution is 9.12. The van der Waals surface area contributed by atoms with Crippen molar-refractivity contribution < 1.29 is 13.9 Å². The Morgan fingerprint density at radius 1 is 1.26 bits per heavy atom. The Morgan fingerprint density at radius 2 is 1.87 bits per heavy atom. The summed E-state index contributed by atoms with van der Waals surface area (Å²) in [7, 11) is 1.56. The van der Waals surface area contributed by atoms with E-state index < -0.39 is 22.8 Å². The third-order valence-corrected chi connectivity index (χ3v) is 4.03. The third-order valence-electron chi connectivity index (χ3n) is 3.75. The lowest BCUT2D eigenvalue weighted by molar-refractivity contribution is 0.0837. The van der Waals surface area contributed by atoms with Crippen LogP contribution in [0.2, 0.25) is 0 Å². The van der Waals surface area contributed by atoms with Crippen molar-refractivity contribution in [2.24, 2.45) is 7.05 Å². The summed E-state index contributed by atoms with van der Waals surface area (Å²) in [6.45, 7) is 1.74. The van der Waals surface area contributed by atoms with Crippen LogP contribution in [0.25, 0.3) is 0 Å². The lowest BCUT2D eigenvalue weighted by atomic mass is 9.84. The van der Waals surface area contributed by atoms with E-state index in [1.54, 1.807) is 20.0 Å². The standard InChI is InChI=1S/C17H14BrF2NO2/c1-11-4-5-15(16(22)21(11)2)17(23,6-3-7-18)12-8-13(19)10-14(20)9-12/h4-5,8-10,23H,6H2,1-2H3. The topological polar surface area (TPSA) is 42.2 Å². The van der Waals surface area contributed by atoms with Gasteiger partial charge in [0.1, 0.15) is 17.2 Å². The number of benzene rings is 1.